The Morgan fingerprint density at radius 2 is 2.17 bits per heavy atom. The molecule has 3 heterocycles. The molecule has 1 amide bonds. The first kappa shape index (κ1) is 14.9. The van der Waals surface area contributed by atoms with Crippen LogP contribution in [0.15, 0.2) is 41.2 Å². The van der Waals surface area contributed by atoms with Gasteiger partial charge in [-0.05, 0) is 17.7 Å². The third-order valence-corrected chi connectivity index (χ3v) is 4.24. The summed E-state index contributed by atoms with van der Waals surface area (Å²) in [7, 11) is 0. The molecule has 0 saturated carbocycles. The van der Waals surface area contributed by atoms with Gasteiger partial charge in [-0.15, -0.1) is 0 Å². The van der Waals surface area contributed by atoms with Crippen LogP contribution in [0.5, 0.6) is 0 Å². The SMILES string of the molecule is O=C(c1cc(Cl)no1)N1CCc2[nH]cnc2C1c1ccc(F)cc1. The fourth-order valence-electron chi connectivity index (χ4n) is 2.97. The number of amides is 1. The number of carbonyl (C=O) groups is 1. The minimum atomic E-state index is -0.433. The van der Waals surface area contributed by atoms with Crippen LogP contribution in [0, 0.1) is 5.82 Å². The number of halogens is 2. The number of fused-ring (bicyclic) bond motifs is 1. The van der Waals surface area contributed by atoms with Crippen molar-refractivity contribution in [1.29, 1.82) is 0 Å². The van der Waals surface area contributed by atoms with Crippen molar-refractivity contribution in [2.24, 2.45) is 0 Å². The Hall–Kier alpha value is -2.67. The Kier molecular flexibility index (Phi) is 3.57. The lowest BCUT2D eigenvalue weighted by Gasteiger charge is -2.34. The number of benzene rings is 1. The van der Waals surface area contributed by atoms with E-state index in [1.807, 2.05) is 0 Å². The molecule has 0 radical (unpaired) electrons. The van der Waals surface area contributed by atoms with Gasteiger partial charge in [-0.1, -0.05) is 28.9 Å². The summed E-state index contributed by atoms with van der Waals surface area (Å²) in [4.78, 5) is 21.9. The zero-order valence-electron chi connectivity index (χ0n) is 12.4. The van der Waals surface area contributed by atoms with E-state index in [-0.39, 0.29) is 22.6 Å². The van der Waals surface area contributed by atoms with E-state index in [0.717, 1.165) is 17.0 Å². The van der Waals surface area contributed by atoms with Crippen LogP contribution in [0.1, 0.15) is 33.5 Å². The molecule has 1 atom stereocenters. The van der Waals surface area contributed by atoms with Gasteiger partial charge in [-0.2, -0.15) is 0 Å². The van der Waals surface area contributed by atoms with E-state index in [2.05, 4.69) is 15.1 Å². The lowest BCUT2D eigenvalue weighted by molar-refractivity contribution is 0.0648. The Labute approximate surface area is 141 Å². The number of hydrogen-bond acceptors (Lipinski definition) is 4. The first-order valence-corrected chi connectivity index (χ1v) is 7.72. The first-order valence-electron chi connectivity index (χ1n) is 7.34. The summed E-state index contributed by atoms with van der Waals surface area (Å²) in [6.07, 6.45) is 2.24. The highest BCUT2D eigenvalue weighted by molar-refractivity contribution is 6.29. The second-order valence-electron chi connectivity index (χ2n) is 5.48. The van der Waals surface area contributed by atoms with Gasteiger partial charge in [-0.25, -0.2) is 9.37 Å². The molecule has 1 unspecified atom stereocenters. The Morgan fingerprint density at radius 3 is 2.88 bits per heavy atom. The van der Waals surface area contributed by atoms with Gasteiger partial charge in [0.15, 0.2) is 5.15 Å². The van der Waals surface area contributed by atoms with E-state index in [9.17, 15) is 9.18 Å². The van der Waals surface area contributed by atoms with Crippen molar-refractivity contribution in [3.8, 4) is 0 Å². The lowest BCUT2D eigenvalue weighted by atomic mass is 9.95. The van der Waals surface area contributed by atoms with Gasteiger partial charge in [-0.3, -0.25) is 4.79 Å². The normalized spacial score (nSPS) is 16.9. The van der Waals surface area contributed by atoms with Crippen molar-refractivity contribution < 1.29 is 13.7 Å². The van der Waals surface area contributed by atoms with Crippen LogP contribution in [-0.4, -0.2) is 32.5 Å². The quantitative estimate of drug-likeness (QED) is 0.774. The molecule has 1 aliphatic rings. The van der Waals surface area contributed by atoms with Gasteiger partial charge in [0.25, 0.3) is 5.91 Å². The van der Waals surface area contributed by atoms with Crippen molar-refractivity contribution in [2.45, 2.75) is 12.5 Å². The maximum atomic E-state index is 13.3. The van der Waals surface area contributed by atoms with Crippen molar-refractivity contribution >= 4 is 17.5 Å². The molecular formula is C16H12ClFN4O2. The van der Waals surface area contributed by atoms with Crippen molar-refractivity contribution in [1.82, 2.24) is 20.0 Å². The number of nitrogens with zero attached hydrogens (tertiary/aromatic N) is 3. The van der Waals surface area contributed by atoms with E-state index in [4.69, 9.17) is 16.1 Å². The number of H-pyrrole nitrogens is 1. The number of imidazole rings is 1. The molecule has 0 spiro atoms. The standard InChI is InChI=1S/C16H12ClFN4O2/c17-13-7-12(24-21-13)16(23)22-6-5-11-14(20-8-19-11)15(22)9-1-3-10(18)4-2-9/h1-4,7-8,15H,5-6H2,(H,19,20). The average Bonchev–Trinajstić information content (AvgIpc) is 3.23. The van der Waals surface area contributed by atoms with Crippen molar-refractivity contribution in [3.05, 3.63) is 70.3 Å². The molecule has 0 fully saturated rings. The van der Waals surface area contributed by atoms with Crippen LogP contribution in [0.4, 0.5) is 4.39 Å². The zero-order chi connectivity index (χ0) is 16.7. The highest BCUT2D eigenvalue weighted by Crippen LogP contribution is 2.34. The highest BCUT2D eigenvalue weighted by Gasteiger charge is 2.35. The summed E-state index contributed by atoms with van der Waals surface area (Å²) < 4.78 is 18.3. The second-order valence-corrected chi connectivity index (χ2v) is 5.87. The smallest absolute Gasteiger partial charge is 0.293 e. The Bertz CT molecular complexity index is 890. The van der Waals surface area contributed by atoms with E-state index in [0.29, 0.717) is 13.0 Å². The maximum Gasteiger partial charge on any atom is 0.293 e. The lowest BCUT2D eigenvalue weighted by Crippen LogP contribution is -2.40. The van der Waals surface area contributed by atoms with E-state index in [1.54, 1.807) is 23.4 Å². The topological polar surface area (TPSA) is 75.0 Å². The maximum absolute atomic E-state index is 13.3. The molecule has 24 heavy (non-hydrogen) atoms. The molecule has 6 nitrogen and oxygen atoms in total. The largest absolute Gasteiger partial charge is 0.349 e. The minimum Gasteiger partial charge on any atom is -0.349 e. The molecule has 0 aliphatic carbocycles. The van der Waals surface area contributed by atoms with Crippen molar-refractivity contribution in [2.75, 3.05) is 6.54 Å². The third kappa shape index (κ3) is 2.46. The monoisotopic (exact) mass is 346 g/mol. The van der Waals surface area contributed by atoms with Crippen LogP contribution in [0.2, 0.25) is 5.15 Å². The van der Waals surface area contributed by atoms with Crippen molar-refractivity contribution in [3.63, 3.8) is 0 Å². The molecule has 0 bridgehead atoms. The summed E-state index contributed by atoms with van der Waals surface area (Å²) in [6, 6.07) is 6.98. The van der Waals surface area contributed by atoms with E-state index < -0.39 is 6.04 Å². The number of rotatable bonds is 2. The summed E-state index contributed by atoms with van der Waals surface area (Å²) in [5, 5.41) is 3.67. The Morgan fingerprint density at radius 1 is 1.38 bits per heavy atom. The number of nitrogens with one attached hydrogen (secondary N) is 1. The number of hydrogen-bond donors (Lipinski definition) is 1. The van der Waals surface area contributed by atoms with Crippen LogP contribution in [0.25, 0.3) is 0 Å². The van der Waals surface area contributed by atoms with Crippen LogP contribution < -0.4 is 0 Å². The van der Waals surface area contributed by atoms with Crippen LogP contribution in [-0.2, 0) is 6.42 Å². The summed E-state index contributed by atoms with van der Waals surface area (Å²) in [5.74, 6) is -0.611. The fraction of sp³-hybridized carbons (Fsp3) is 0.188. The predicted molar refractivity (Wildman–Crippen MR) is 83.1 cm³/mol. The zero-order valence-corrected chi connectivity index (χ0v) is 13.1. The average molecular weight is 347 g/mol. The van der Waals surface area contributed by atoms with Gasteiger partial charge in [0.1, 0.15) is 11.9 Å². The predicted octanol–water partition coefficient (Wildman–Crippen LogP) is 2.98. The molecule has 1 N–H and O–H groups in total. The molecule has 1 aromatic carbocycles. The molecule has 8 heteroatoms. The molecule has 0 saturated heterocycles. The number of aromatic amines is 1. The third-order valence-electron chi connectivity index (χ3n) is 4.06. The van der Waals surface area contributed by atoms with E-state index >= 15 is 0 Å². The minimum absolute atomic E-state index is 0.0612. The van der Waals surface area contributed by atoms with Gasteiger partial charge >= 0.3 is 0 Å². The van der Waals surface area contributed by atoms with Crippen LogP contribution in [0.3, 0.4) is 0 Å². The summed E-state index contributed by atoms with van der Waals surface area (Å²) in [5.41, 5.74) is 2.47. The highest BCUT2D eigenvalue weighted by atomic mass is 35.5. The van der Waals surface area contributed by atoms with E-state index in [1.165, 1.54) is 18.2 Å². The summed E-state index contributed by atoms with van der Waals surface area (Å²) >= 11 is 5.74. The molecular weight excluding hydrogens is 335 g/mol. The van der Waals surface area contributed by atoms with Gasteiger partial charge in [0.05, 0.1) is 12.0 Å². The number of aromatic nitrogens is 3. The van der Waals surface area contributed by atoms with Crippen LogP contribution >= 0.6 is 11.6 Å². The molecule has 1 aliphatic heterocycles. The molecule has 122 valence electrons. The molecule has 4 rings (SSSR count). The Balaban J connectivity index is 1.77. The molecule has 2 aromatic heterocycles. The first-order chi connectivity index (χ1) is 11.6. The fourth-order valence-corrected chi connectivity index (χ4v) is 3.11. The second kappa shape index (κ2) is 5.76. The molecule has 3 aromatic rings. The van der Waals surface area contributed by atoms with Gasteiger partial charge in [0.2, 0.25) is 5.76 Å². The number of carbonyl (C=O) groups excluding carboxylic acids is 1. The van der Waals surface area contributed by atoms with Gasteiger partial charge in [0, 0.05) is 24.7 Å². The summed E-state index contributed by atoms with van der Waals surface area (Å²) in [6.45, 7) is 0.467. The van der Waals surface area contributed by atoms with Gasteiger partial charge < -0.3 is 14.4 Å².